The maximum atomic E-state index is 13.2. The number of nitrogens with one attached hydrogen (secondary N) is 3. The van der Waals surface area contributed by atoms with Crippen molar-refractivity contribution < 1.29 is 31.9 Å². The molecule has 10 nitrogen and oxygen atoms in total. The first kappa shape index (κ1) is 29.7. The number of methoxy groups -OCH3 is 1. The molecule has 1 aliphatic rings. The van der Waals surface area contributed by atoms with Gasteiger partial charge in [-0.05, 0) is 68.8 Å². The SMILES string of the molecule is COCCC(NC(=O)c1ccc(F)cc1)C(=O)Nc1ccc(S(=O)(=O)NC(C)(C)CN2CCOCC2)cc1. The summed E-state index contributed by atoms with van der Waals surface area (Å²) in [6, 6.07) is 9.82. The van der Waals surface area contributed by atoms with E-state index in [2.05, 4.69) is 20.3 Å². The molecule has 12 heteroatoms. The van der Waals surface area contributed by atoms with Crippen molar-refractivity contribution in [3.8, 4) is 0 Å². The number of hydrogen-bond donors (Lipinski definition) is 3. The number of benzene rings is 2. The molecule has 1 atom stereocenters. The van der Waals surface area contributed by atoms with E-state index in [0.29, 0.717) is 25.4 Å². The van der Waals surface area contributed by atoms with E-state index in [4.69, 9.17) is 9.47 Å². The van der Waals surface area contributed by atoms with Crippen LogP contribution in [0, 0.1) is 5.82 Å². The smallest absolute Gasteiger partial charge is 0.251 e. The van der Waals surface area contributed by atoms with E-state index >= 15 is 0 Å². The van der Waals surface area contributed by atoms with Crippen LogP contribution in [0.25, 0.3) is 0 Å². The number of anilines is 1. The highest BCUT2D eigenvalue weighted by molar-refractivity contribution is 7.89. The fourth-order valence-electron chi connectivity index (χ4n) is 4.07. The Hall–Kier alpha value is -2.90. The largest absolute Gasteiger partial charge is 0.385 e. The normalized spacial score (nSPS) is 15.6. The highest BCUT2D eigenvalue weighted by Crippen LogP contribution is 2.18. The van der Waals surface area contributed by atoms with Gasteiger partial charge >= 0.3 is 0 Å². The number of hydrogen-bond acceptors (Lipinski definition) is 7. The van der Waals surface area contributed by atoms with Crippen LogP contribution < -0.4 is 15.4 Å². The van der Waals surface area contributed by atoms with Gasteiger partial charge in [-0.25, -0.2) is 17.5 Å². The van der Waals surface area contributed by atoms with Crippen molar-refractivity contribution in [1.82, 2.24) is 14.9 Å². The quantitative estimate of drug-likeness (QED) is 0.369. The minimum absolute atomic E-state index is 0.0612. The van der Waals surface area contributed by atoms with Crippen molar-refractivity contribution >= 4 is 27.5 Å². The van der Waals surface area contributed by atoms with Crippen LogP contribution in [-0.4, -0.2) is 83.3 Å². The van der Waals surface area contributed by atoms with Crippen molar-refractivity contribution in [3.05, 3.63) is 59.9 Å². The zero-order chi connectivity index (χ0) is 27.8. The third-order valence-corrected chi connectivity index (χ3v) is 7.62. The van der Waals surface area contributed by atoms with Gasteiger partial charge in [0.1, 0.15) is 11.9 Å². The molecule has 1 saturated heterocycles. The molecule has 1 aliphatic heterocycles. The predicted octanol–water partition coefficient (Wildman–Crippen LogP) is 1.99. The number of sulfonamides is 1. The minimum Gasteiger partial charge on any atom is -0.385 e. The molecule has 0 aliphatic carbocycles. The number of morpholine rings is 1. The third-order valence-electron chi connectivity index (χ3n) is 5.90. The molecule has 1 unspecified atom stereocenters. The summed E-state index contributed by atoms with van der Waals surface area (Å²) in [5, 5.41) is 5.33. The number of rotatable bonds is 12. The summed E-state index contributed by atoms with van der Waals surface area (Å²) >= 11 is 0. The lowest BCUT2D eigenvalue weighted by molar-refractivity contribution is -0.118. The van der Waals surface area contributed by atoms with Crippen LogP contribution >= 0.6 is 0 Å². The molecule has 3 rings (SSSR count). The highest BCUT2D eigenvalue weighted by Gasteiger charge is 2.29. The summed E-state index contributed by atoms with van der Waals surface area (Å²) in [6.45, 7) is 7.15. The molecule has 3 N–H and O–H groups in total. The van der Waals surface area contributed by atoms with Gasteiger partial charge in [-0.2, -0.15) is 0 Å². The molecule has 208 valence electrons. The van der Waals surface area contributed by atoms with Crippen LogP contribution in [0.15, 0.2) is 53.4 Å². The standard InChI is InChI=1S/C26H35FN4O6S/c1-26(2,18-31-13-16-37-17-14-31)30-38(34,35)22-10-8-21(9-11-22)28-25(33)23(12-15-36-3)29-24(32)19-4-6-20(27)7-5-19/h4-11,23,30H,12-18H2,1-3H3,(H,28,33)(H,29,32). The molecule has 38 heavy (non-hydrogen) atoms. The van der Waals surface area contributed by atoms with E-state index in [1.807, 2.05) is 13.8 Å². The Morgan fingerprint density at radius 2 is 1.71 bits per heavy atom. The Balaban J connectivity index is 1.63. The van der Waals surface area contributed by atoms with E-state index in [-0.39, 0.29) is 23.5 Å². The molecule has 2 amide bonds. The molecule has 0 saturated carbocycles. The summed E-state index contributed by atoms with van der Waals surface area (Å²) in [5.41, 5.74) is -0.138. The van der Waals surface area contributed by atoms with Crippen LogP contribution in [0.3, 0.4) is 0 Å². The molecular weight excluding hydrogens is 515 g/mol. The van der Waals surface area contributed by atoms with Crippen LogP contribution in [0.4, 0.5) is 10.1 Å². The molecule has 0 bridgehead atoms. The minimum atomic E-state index is -3.81. The average molecular weight is 551 g/mol. The third kappa shape index (κ3) is 8.84. The van der Waals surface area contributed by atoms with Gasteiger partial charge < -0.3 is 20.1 Å². The zero-order valence-corrected chi connectivity index (χ0v) is 22.6. The Morgan fingerprint density at radius 1 is 1.08 bits per heavy atom. The van der Waals surface area contributed by atoms with Gasteiger partial charge in [0.25, 0.3) is 5.91 Å². The second-order valence-corrected chi connectivity index (χ2v) is 11.4. The topological polar surface area (TPSA) is 126 Å². The van der Waals surface area contributed by atoms with Gasteiger partial charge in [0.2, 0.25) is 15.9 Å². The highest BCUT2D eigenvalue weighted by atomic mass is 32.2. The second-order valence-electron chi connectivity index (χ2n) is 9.71. The number of carbonyl (C=O) groups is 2. The molecule has 1 fully saturated rings. The average Bonchev–Trinajstić information content (AvgIpc) is 2.86. The molecular formula is C26H35FN4O6S. The van der Waals surface area contributed by atoms with Crippen LogP contribution in [0.1, 0.15) is 30.6 Å². The lowest BCUT2D eigenvalue weighted by atomic mass is 10.1. The van der Waals surface area contributed by atoms with Crippen molar-refractivity contribution in [2.24, 2.45) is 0 Å². The number of ether oxygens (including phenoxy) is 2. The molecule has 0 aromatic heterocycles. The molecule has 1 heterocycles. The summed E-state index contributed by atoms with van der Waals surface area (Å²) in [7, 11) is -2.33. The van der Waals surface area contributed by atoms with E-state index in [9.17, 15) is 22.4 Å². The molecule has 0 radical (unpaired) electrons. The maximum Gasteiger partial charge on any atom is 0.251 e. The molecule has 2 aromatic carbocycles. The van der Waals surface area contributed by atoms with Gasteiger partial charge in [-0.15, -0.1) is 0 Å². The first-order chi connectivity index (χ1) is 18.0. The zero-order valence-electron chi connectivity index (χ0n) is 21.8. The molecule has 0 spiro atoms. The van der Waals surface area contributed by atoms with Gasteiger partial charge in [-0.1, -0.05) is 0 Å². The first-order valence-electron chi connectivity index (χ1n) is 12.3. The fourth-order valence-corrected chi connectivity index (χ4v) is 5.47. The van der Waals surface area contributed by atoms with Gasteiger partial charge in [-0.3, -0.25) is 14.5 Å². The summed E-state index contributed by atoms with van der Waals surface area (Å²) < 4.78 is 52.3. The number of nitrogens with zero attached hydrogens (tertiary/aromatic N) is 1. The number of carbonyl (C=O) groups excluding carboxylic acids is 2. The van der Waals surface area contributed by atoms with Crippen molar-refractivity contribution in [3.63, 3.8) is 0 Å². The van der Waals surface area contributed by atoms with E-state index in [1.165, 1.54) is 43.5 Å². The van der Waals surface area contributed by atoms with Gasteiger partial charge in [0, 0.05) is 50.1 Å². The van der Waals surface area contributed by atoms with Crippen LogP contribution in [0.2, 0.25) is 0 Å². The monoisotopic (exact) mass is 550 g/mol. The van der Waals surface area contributed by atoms with Crippen LogP contribution in [0.5, 0.6) is 0 Å². The van der Waals surface area contributed by atoms with Gasteiger partial charge in [0.05, 0.1) is 18.1 Å². The Morgan fingerprint density at radius 3 is 2.32 bits per heavy atom. The Kier molecular flexibility index (Phi) is 10.3. The first-order valence-corrected chi connectivity index (χ1v) is 13.8. The Bertz CT molecular complexity index is 1180. The summed E-state index contributed by atoms with van der Waals surface area (Å²) in [5.74, 6) is -1.51. The second kappa shape index (κ2) is 13.3. The van der Waals surface area contributed by atoms with Crippen molar-refractivity contribution in [2.45, 2.75) is 36.7 Å². The predicted molar refractivity (Wildman–Crippen MR) is 141 cm³/mol. The summed E-state index contributed by atoms with van der Waals surface area (Å²) in [6.07, 6.45) is 0.198. The lowest BCUT2D eigenvalue weighted by Crippen LogP contribution is -2.53. The van der Waals surface area contributed by atoms with E-state index in [0.717, 1.165) is 25.2 Å². The van der Waals surface area contributed by atoms with Crippen LogP contribution in [-0.2, 0) is 24.3 Å². The van der Waals surface area contributed by atoms with Crippen molar-refractivity contribution in [2.75, 3.05) is 51.9 Å². The number of halogens is 1. The molecule has 2 aromatic rings. The van der Waals surface area contributed by atoms with Crippen molar-refractivity contribution in [1.29, 1.82) is 0 Å². The van der Waals surface area contributed by atoms with E-state index < -0.39 is 39.2 Å². The van der Waals surface area contributed by atoms with Gasteiger partial charge in [0.15, 0.2) is 0 Å². The number of amides is 2. The maximum absolute atomic E-state index is 13.2. The Labute approximate surface area is 222 Å². The summed E-state index contributed by atoms with van der Waals surface area (Å²) in [4.78, 5) is 27.7. The van der Waals surface area contributed by atoms with E-state index in [1.54, 1.807) is 0 Å². The lowest BCUT2D eigenvalue weighted by Gasteiger charge is -2.35. The fraction of sp³-hybridized carbons (Fsp3) is 0.462.